The third kappa shape index (κ3) is 3.56. The highest BCUT2D eigenvalue weighted by Crippen LogP contribution is 2.22. The van der Waals surface area contributed by atoms with Crippen molar-refractivity contribution in [1.82, 2.24) is 4.57 Å². The van der Waals surface area contributed by atoms with Crippen LogP contribution >= 0.6 is 11.3 Å². The van der Waals surface area contributed by atoms with E-state index in [0.717, 1.165) is 10.2 Å². The zero-order valence-corrected chi connectivity index (χ0v) is 15.7. The number of amides is 1. The molecule has 130 valence electrons. The highest BCUT2D eigenvalue weighted by atomic mass is 32.1. The lowest BCUT2D eigenvalue weighted by atomic mass is 9.87. The molecule has 3 rings (SSSR count). The molecule has 5 heteroatoms. The normalized spacial score (nSPS) is 12.8. The molecule has 3 aromatic rings. The highest BCUT2D eigenvalue weighted by molar-refractivity contribution is 7.16. The van der Waals surface area contributed by atoms with Gasteiger partial charge in [-0.3, -0.25) is 4.79 Å². The number of carbonyl (C=O) groups excluding carboxylic acids is 1. The molecule has 0 radical (unpaired) electrons. The second-order valence-corrected chi connectivity index (χ2v) is 7.99. The smallest absolute Gasteiger partial charge is 0.279 e. The van der Waals surface area contributed by atoms with Crippen molar-refractivity contribution in [2.24, 2.45) is 4.99 Å². The first-order valence-corrected chi connectivity index (χ1v) is 9.10. The van der Waals surface area contributed by atoms with Crippen molar-refractivity contribution in [2.45, 2.75) is 39.7 Å². The van der Waals surface area contributed by atoms with Crippen LogP contribution < -0.4 is 4.80 Å². The lowest BCUT2D eigenvalue weighted by Crippen LogP contribution is -2.16. The Morgan fingerprint density at radius 2 is 1.84 bits per heavy atom. The molecule has 0 aliphatic rings. The molecule has 1 amide bonds. The number of aryl methyl sites for hydroxylation is 1. The van der Waals surface area contributed by atoms with E-state index < -0.39 is 0 Å². The summed E-state index contributed by atoms with van der Waals surface area (Å²) in [5.74, 6) is -0.567. The molecule has 25 heavy (non-hydrogen) atoms. The van der Waals surface area contributed by atoms with Crippen molar-refractivity contribution in [2.75, 3.05) is 0 Å². The van der Waals surface area contributed by atoms with Crippen LogP contribution in [-0.2, 0) is 12.0 Å². The zero-order valence-electron chi connectivity index (χ0n) is 14.8. The second-order valence-electron chi connectivity index (χ2n) is 6.99. The molecule has 0 bridgehead atoms. The molecule has 0 aliphatic carbocycles. The van der Waals surface area contributed by atoms with E-state index in [9.17, 15) is 9.18 Å². The number of nitrogens with zero attached hydrogens (tertiary/aromatic N) is 2. The lowest BCUT2D eigenvalue weighted by Gasteiger charge is -2.18. The van der Waals surface area contributed by atoms with E-state index in [1.54, 1.807) is 6.07 Å². The largest absolute Gasteiger partial charge is 0.317 e. The minimum absolute atomic E-state index is 0.0412. The van der Waals surface area contributed by atoms with Crippen molar-refractivity contribution in [3.63, 3.8) is 0 Å². The molecule has 0 saturated carbocycles. The Bertz CT molecular complexity index is 991. The molecule has 3 nitrogen and oxygen atoms in total. The van der Waals surface area contributed by atoms with Gasteiger partial charge in [0.05, 0.1) is 10.2 Å². The van der Waals surface area contributed by atoms with Gasteiger partial charge in [-0.15, -0.1) is 0 Å². The SMILES string of the molecule is CCn1c(=NC(=O)c2ccc(C(C)(C)C)cc2)sc2cc(F)ccc21. The third-order valence-corrected chi connectivity index (χ3v) is 5.20. The van der Waals surface area contributed by atoms with Gasteiger partial charge in [-0.2, -0.15) is 4.99 Å². The van der Waals surface area contributed by atoms with E-state index in [1.807, 2.05) is 35.8 Å². The van der Waals surface area contributed by atoms with Crippen LogP contribution in [0.2, 0.25) is 0 Å². The maximum atomic E-state index is 13.4. The predicted molar refractivity (Wildman–Crippen MR) is 100 cm³/mol. The zero-order chi connectivity index (χ0) is 18.2. The van der Waals surface area contributed by atoms with Gasteiger partial charge in [0.2, 0.25) is 0 Å². The average molecular weight is 356 g/mol. The van der Waals surface area contributed by atoms with Crippen LogP contribution in [0.4, 0.5) is 4.39 Å². The fourth-order valence-corrected chi connectivity index (χ4v) is 3.82. The number of halogens is 1. The van der Waals surface area contributed by atoms with Crippen molar-refractivity contribution < 1.29 is 9.18 Å². The van der Waals surface area contributed by atoms with E-state index in [1.165, 1.54) is 29.0 Å². The fourth-order valence-electron chi connectivity index (χ4n) is 2.70. The number of hydrogen-bond acceptors (Lipinski definition) is 2. The van der Waals surface area contributed by atoms with Gasteiger partial charge in [0, 0.05) is 12.1 Å². The topological polar surface area (TPSA) is 34.4 Å². The Morgan fingerprint density at radius 3 is 2.44 bits per heavy atom. The highest BCUT2D eigenvalue weighted by Gasteiger charge is 2.14. The first kappa shape index (κ1) is 17.5. The van der Waals surface area contributed by atoms with E-state index in [4.69, 9.17) is 0 Å². The van der Waals surface area contributed by atoms with Gasteiger partial charge in [0.25, 0.3) is 5.91 Å². The summed E-state index contributed by atoms with van der Waals surface area (Å²) in [6, 6.07) is 12.2. The van der Waals surface area contributed by atoms with Crippen LogP contribution in [-0.4, -0.2) is 10.5 Å². The Labute approximate surface area is 150 Å². The summed E-state index contributed by atoms with van der Waals surface area (Å²) >= 11 is 1.33. The maximum absolute atomic E-state index is 13.4. The van der Waals surface area contributed by atoms with Crippen molar-refractivity contribution in [3.8, 4) is 0 Å². The third-order valence-electron chi connectivity index (χ3n) is 4.16. The monoisotopic (exact) mass is 356 g/mol. The molecule has 0 N–H and O–H groups in total. The van der Waals surface area contributed by atoms with Gasteiger partial charge in [0.1, 0.15) is 5.82 Å². The van der Waals surface area contributed by atoms with Gasteiger partial charge in [0.15, 0.2) is 4.80 Å². The second kappa shape index (κ2) is 6.56. The summed E-state index contributed by atoms with van der Waals surface area (Å²) in [6.07, 6.45) is 0. The van der Waals surface area contributed by atoms with Gasteiger partial charge < -0.3 is 4.57 Å². The predicted octanol–water partition coefficient (Wildman–Crippen LogP) is 4.90. The molecule has 0 atom stereocenters. The number of carbonyl (C=O) groups is 1. The van der Waals surface area contributed by atoms with Crippen molar-refractivity contribution in [3.05, 3.63) is 64.2 Å². The number of fused-ring (bicyclic) bond motifs is 1. The summed E-state index contributed by atoms with van der Waals surface area (Å²) in [5, 5.41) is 0. The summed E-state index contributed by atoms with van der Waals surface area (Å²) in [7, 11) is 0. The quantitative estimate of drug-likeness (QED) is 0.643. The van der Waals surface area contributed by atoms with Crippen LogP contribution in [0, 0.1) is 5.82 Å². The lowest BCUT2D eigenvalue weighted by molar-refractivity contribution is 0.0998. The number of hydrogen-bond donors (Lipinski definition) is 0. The minimum Gasteiger partial charge on any atom is -0.317 e. The van der Waals surface area contributed by atoms with Crippen LogP contribution in [0.1, 0.15) is 43.6 Å². The standard InChI is InChI=1S/C20H21FN2OS/c1-5-23-16-11-10-15(21)12-17(16)25-19(23)22-18(24)13-6-8-14(9-7-13)20(2,3)4/h6-12H,5H2,1-4H3. The summed E-state index contributed by atoms with van der Waals surface area (Å²) in [5.41, 5.74) is 2.66. The molecule has 0 fully saturated rings. The van der Waals surface area contributed by atoms with Gasteiger partial charge in [-0.05, 0) is 48.2 Å². The number of rotatable bonds is 2. The molecular formula is C20H21FN2OS. The Morgan fingerprint density at radius 1 is 1.16 bits per heavy atom. The minimum atomic E-state index is -0.285. The summed E-state index contributed by atoms with van der Waals surface area (Å²) in [4.78, 5) is 17.4. The molecule has 0 saturated heterocycles. The van der Waals surface area contributed by atoms with Gasteiger partial charge in [-0.25, -0.2) is 4.39 Å². The molecule has 0 unspecified atom stereocenters. The van der Waals surface area contributed by atoms with Gasteiger partial charge in [-0.1, -0.05) is 44.2 Å². The Hall–Kier alpha value is -2.27. The number of benzene rings is 2. The van der Waals surface area contributed by atoms with E-state index in [2.05, 4.69) is 25.8 Å². The van der Waals surface area contributed by atoms with E-state index in [0.29, 0.717) is 16.9 Å². The number of thiazole rings is 1. The summed E-state index contributed by atoms with van der Waals surface area (Å²) in [6.45, 7) is 9.05. The van der Waals surface area contributed by atoms with Crippen LogP contribution in [0.25, 0.3) is 10.2 Å². The molecule has 0 aliphatic heterocycles. The molecular weight excluding hydrogens is 335 g/mol. The summed E-state index contributed by atoms with van der Waals surface area (Å²) < 4.78 is 16.2. The first-order chi connectivity index (χ1) is 11.8. The fraction of sp³-hybridized carbons (Fsp3) is 0.300. The Kier molecular flexibility index (Phi) is 4.60. The molecule has 0 spiro atoms. The van der Waals surface area contributed by atoms with E-state index in [-0.39, 0.29) is 17.1 Å². The van der Waals surface area contributed by atoms with Crippen molar-refractivity contribution >= 4 is 27.5 Å². The van der Waals surface area contributed by atoms with Gasteiger partial charge >= 0.3 is 0 Å². The average Bonchev–Trinajstić information content (AvgIpc) is 2.90. The number of aromatic nitrogens is 1. The maximum Gasteiger partial charge on any atom is 0.279 e. The van der Waals surface area contributed by atoms with E-state index >= 15 is 0 Å². The molecule has 1 aromatic heterocycles. The van der Waals surface area contributed by atoms with Crippen LogP contribution in [0.5, 0.6) is 0 Å². The van der Waals surface area contributed by atoms with Crippen LogP contribution in [0.3, 0.4) is 0 Å². The molecule has 2 aromatic carbocycles. The van der Waals surface area contributed by atoms with Crippen LogP contribution in [0.15, 0.2) is 47.5 Å². The van der Waals surface area contributed by atoms with Crippen molar-refractivity contribution in [1.29, 1.82) is 0 Å². The Balaban J connectivity index is 2.02. The first-order valence-electron chi connectivity index (χ1n) is 8.28. The molecule has 1 heterocycles.